The van der Waals surface area contributed by atoms with Gasteiger partial charge in [-0.25, -0.2) is 4.79 Å². The number of hydrogen-bond acceptors (Lipinski definition) is 7. The average Bonchev–Trinajstić information content (AvgIpc) is 2.45. The standard InChI is InChI=1S/C15H21F3O7S/c1-13(2,3)24-12(20)14(4)7-6-10(9(8-14)11(19)23-5)25-26(21,22)15(16,17)18/h6-8H2,1-5H3. The Balaban J connectivity index is 3.24. The van der Waals surface area contributed by atoms with Crippen molar-refractivity contribution in [3.05, 3.63) is 11.3 Å². The number of halogens is 3. The van der Waals surface area contributed by atoms with Gasteiger partial charge in [-0.1, -0.05) is 0 Å². The van der Waals surface area contributed by atoms with E-state index in [4.69, 9.17) is 4.74 Å². The van der Waals surface area contributed by atoms with Crippen molar-refractivity contribution < 1.29 is 44.8 Å². The summed E-state index contributed by atoms with van der Waals surface area (Å²) in [6.45, 7) is 6.38. The second-order valence-electron chi connectivity index (χ2n) is 7.12. The minimum absolute atomic E-state index is 0.0644. The lowest BCUT2D eigenvalue weighted by Gasteiger charge is -2.35. The largest absolute Gasteiger partial charge is 0.534 e. The number of methoxy groups -OCH3 is 1. The molecule has 1 atom stereocenters. The predicted octanol–water partition coefficient (Wildman–Crippen LogP) is 2.81. The number of alkyl halides is 3. The molecule has 0 spiro atoms. The SMILES string of the molecule is COC(=O)C1=C(OS(=O)(=O)C(F)(F)F)CCC(C)(C(=O)OC(C)(C)C)C1. The number of ether oxygens (including phenoxy) is 2. The smallest absolute Gasteiger partial charge is 0.466 e. The third kappa shape index (κ3) is 5.12. The third-order valence-corrected chi connectivity index (χ3v) is 4.61. The van der Waals surface area contributed by atoms with Crippen molar-refractivity contribution in [3.63, 3.8) is 0 Å². The Morgan fingerprint density at radius 3 is 2.12 bits per heavy atom. The van der Waals surface area contributed by atoms with Crippen LogP contribution in [0.25, 0.3) is 0 Å². The van der Waals surface area contributed by atoms with Crippen LogP contribution >= 0.6 is 0 Å². The van der Waals surface area contributed by atoms with Crippen LogP contribution in [0.2, 0.25) is 0 Å². The van der Waals surface area contributed by atoms with Crippen LogP contribution in [0.4, 0.5) is 13.2 Å². The third-order valence-electron chi connectivity index (χ3n) is 3.62. The maximum Gasteiger partial charge on any atom is 0.534 e. The first-order chi connectivity index (χ1) is 11.5. The van der Waals surface area contributed by atoms with Crippen molar-refractivity contribution >= 4 is 22.1 Å². The first-order valence-electron chi connectivity index (χ1n) is 7.57. The van der Waals surface area contributed by atoms with Gasteiger partial charge in [-0.05, 0) is 40.5 Å². The Morgan fingerprint density at radius 2 is 1.69 bits per heavy atom. The molecule has 0 bridgehead atoms. The van der Waals surface area contributed by atoms with E-state index in [1.807, 2.05) is 0 Å². The molecule has 0 aromatic carbocycles. The lowest BCUT2D eigenvalue weighted by Crippen LogP contribution is -2.39. The van der Waals surface area contributed by atoms with Gasteiger partial charge in [0.2, 0.25) is 0 Å². The van der Waals surface area contributed by atoms with Crippen molar-refractivity contribution in [1.29, 1.82) is 0 Å². The second-order valence-corrected chi connectivity index (χ2v) is 8.65. The van der Waals surface area contributed by atoms with E-state index in [-0.39, 0.29) is 19.3 Å². The van der Waals surface area contributed by atoms with E-state index in [9.17, 15) is 31.2 Å². The van der Waals surface area contributed by atoms with Gasteiger partial charge in [0.05, 0.1) is 18.1 Å². The topological polar surface area (TPSA) is 96.0 Å². The van der Waals surface area contributed by atoms with Gasteiger partial charge >= 0.3 is 27.6 Å². The zero-order valence-corrected chi connectivity index (χ0v) is 15.8. The van der Waals surface area contributed by atoms with Gasteiger partial charge in [0.1, 0.15) is 11.4 Å². The summed E-state index contributed by atoms with van der Waals surface area (Å²) in [5.74, 6) is -2.42. The Hall–Kier alpha value is -1.78. The van der Waals surface area contributed by atoms with E-state index < -0.39 is 49.9 Å². The monoisotopic (exact) mass is 402 g/mol. The molecular weight excluding hydrogens is 381 g/mol. The summed E-state index contributed by atoms with van der Waals surface area (Å²) in [4.78, 5) is 24.3. The molecule has 0 amide bonds. The molecule has 0 saturated heterocycles. The molecule has 0 heterocycles. The van der Waals surface area contributed by atoms with E-state index in [0.29, 0.717) is 0 Å². The Bertz CT molecular complexity index is 717. The predicted molar refractivity (Wildman–Crippen MR) is 82.9 cm³/mol. The summed E-state index contributed by atoms with van der Waals surface area (Å²) in [5.41, 5.74) is -8.15. The van der Waals surface area contributed by atoms with Crippen LogP contribution in [-0.2, 0) is 33.4 Å². The fourth-order valence-corrected chi connectivity index (χ4v) is 2.82. The molecule has 7 nitrogen and oxygen atoms in total. The molecule has 0 aliphatic heterocycles. The van der Waals surface area contributed by atoms with Gasteiger partial charge in [0.25, 0.3) is 0 Å². The van der Waals surface area contributed by atoms with Crippen molar-refractivity contribution in [2.45, 2.75) is 58.1 Å². The van der Waals surface area contributed by atoms with E-state index >= 15 is 0 Å². The summed E-state index contributed by atoms with van der Waals surface area (Å²) < 4.78 is 74.0. The molecule has 0 aromatic heterocycles. The molecule has 150 valence electrons. The number of carbonyl (C=O) groups excluding carboxylic acids is 2. The highest BCUT2D eigenvalue weighted by Crippen LogP contribution is 2.43. The molecule has 26 heavy (non-hydrogen) atoms. The van der Waals surface area contributed by atoms with Crippen LogP contribution in [0.3, 0.4) is 0 Å². The first-order valence-corrected chi connectivity index (χ1v) is 8.98. The molecule has 0 fully saturated rings. The highest BCUT2D eigenvalue weighted by atomic mass is 32.2. The quantitative estimate of drug-likeness (QED) is 0.405. The summed E-state index contributed by atoms with van der Waals surface area (Å²) in [7, 11) is -4.96. The van der Waals surface area contributed by atoms with Crippen molar-refractivity contribution in [1.82, 2.24) is 0 Å². The fraction of sp³-hybridized carbons (Fsp3) is 0.733. The maximum atomic E-state index is 12.5. The van der Waals surface area contributed by atoms with Gasteiger partial charge < -0.3 is 13.7 Å². The minimum atomic E-state index is -5.94. The zero-order chi connectivity index (χ0) is 20.6. The number of allylic oxidation sites excluding steroid dienone is 1. The molecule has 1 rings (SSSR count). The van der Waals surface area contributed by atoms with Crippen LogP contribution in [-0.4, -0.2) is 38.6 Å². The molecule has 0 saturated carbocycles. The Morgan fingerprint density at radius 1 is 1.15 bits per heavy atom. The molecule has 0 aromatic rings. The van der Waals surface area contributed by atoms with Crippen LogP contribution in [0, 0.1) is 5.41 Å². The van der Waals surface area contributed by atoms with Gasteiger partial charge in [-0.15, -0.1) is 0 Å². The summed E-state index contributed by atoms with van der Waals surface area (Å²) in [6, 6.07) is 0. The molecule has 1 unspecified atom stereocenters. The molecular formula is C15H21F3O7S. The Labute approximate surface area is 149 Å². The number of carbonyl (C=O) groups is 2. The van der Waals surface area contributed by atoms with Crippen molar-refractivity contribution in [2.75, 3.05) is 7.11 Å². The number of esters is 2. The van der Waals surface area contributed by atoms with E-state index in [0.717, 1.165) is 7.11 Å². The highest BCUT2D eigenvalue weighted by Gasteiger charge is 2.51. The van der Waals surface area contributed by atoms with Gasteiger partial charge in [0, 0.05) is 6.42 Å². The first kappa shape index (κ1) is 22.3. The van der Waals surface area contributed by atoms with Gasteiger partial charge in [0.15, 0.2) is 0 Å². The normalized spacial score (nSPS) is 22.0. The molecule has 0 N–H and O–H groups in total. The maximum absolute atomic E-state index is 12.5. The average molecular weight is 402 g/mol. The van der Waals surface area contributed by atoms with Gasteiger partial charge in [-0.2, -0.15) is 21.6 Å². The molecule has 1 aliphatic carbocycles. The summed E-state index contributed by atoms with van der Waals surface area (Å²) >= 11 is 0. The van der Waals surface area contributed by atoms with E-state index in [1.54, 1.807) is 20.8 Å². The van der Waals surface area contributed by atoms with Crippen LogP contribution in [0.15, 0.2) is 11.3 Å². The highest BCUT2D eigenvalue weighted by molar-refractivity contribution is 7.87. The van der Waals surface area contributed by atoms with E-state index in [1.165, 1.54) is 6.92 Å². The Kier molecular flexibility index (Phi) is 6.07. The lowest BCUT2D eigenvalue weighted by molar-refractivity contribution is -0.167. The van der Waals surface area contributed by atoms with E-state index in [2.05, 4.69) is 8.92 Å². The number of hydrogen-bond donors (Lipinski definition) is 0. The van der Waals surface area contributed by atoms with Crippen LogP contribution < -0.4 is 0 Å². The van der Waals surface area contributed by atoms with Crippen LogP contribution in [0.1, 0.15) is 47.0 Å². The summed E-state index contributed by atoms with van der Waals surface area (Å²) in [6.07, 6.45) is -0.822. The second kappa shape index (κ2) is 7.09. The minimum Gasteiger partial charge on any atom is -0.466 e. The van der Waals surface area contributed by atoms with Gasteiger partial charge in [-0.3, -0.25) is 4.79 Å². The lowest BCUT2D eigenvalue weighted by atomic mass is 9.74. The zero-order valence-electron chi connectivity index (χ0n) is 15.0. The van der Waals surface area contributed by atoms with Crippen molar-refractivity contribution in [2.24, 2.45) is 5.41 Å². The summed E-state index contributed by atoms with van der Waals surface area (Å²) in [5, 5.41) is 0. The van der Waals surface area contributed by atoms with Crippen molar-refractivity contribution in [3.8, 4) is 0 Å². The molecule has 0 radical (unpaired) electrons. The molecule has 1 aliphatic rings. The van der Waals surface area contributed by atoms with Crippen LogP contribution in [0.5, 0.6) is 0 Å². The fourth-order valence-electron chi connectivity index (χ4n) is 2.27. The molecule has 11 heteroatoms. The number of rotatable bonds is 4.